The van der Waals surface area contributed by atoms with Crippen LogP contribution in [-0.4, -0.2) is 84.5 Å². The fraction of sp³-hybridized carbons (Fsp3) is 0.481. The Kier molecular flexibility index (Phi) is 6.61. The Labute approximate surface area is 223 Å². The normalized spacial score (nSPS) is 31.9. The quantitative estimate of drug-likeness (QED) is 0.216. The van der Waals surface area contributed by atoms with Crippen molar-refractivity contribution in [3.8, 4) is 23.0 Å². The van der Waals surface area contributed by atoms with Gasteiger partial charge in [-0.3, -0.25) is 9.59 Å². The molecule has 1 aliphatic heterocycles. The third-order valence-corrected chi connectivity index (χ3v) is 8.24. The molecule has 7 atom stereocenters. The van der Waals surface area contributed by atoms with E-state index in [4.69, 9.17) is 9.47 Å². The van der Waals surface area contributed by atoms with Crippen LogP contribution in [-0.2, 0) is 9.47 Å². The summed E-state index contributed by atoms with van der Waals surface area (Å²) in [7, 11) is 1.66. The molecule has 3 aliphatic rings. The van der Waals surface area contributed by atoms with Crippen molar-refractivity contribution in [3.63, 3.8) is 0 Å². The highest BCUT2D eigenvalue weighted by molar-refractivity contribution is 6.32. The zero-order valence-electron chi connectivity index (χ0n) is 21.5. The maximum Gasteiger partial charge on any atom is 0.202 e. The monoisotopic (exact) mass is 545 g/mol. The number of aliphatic hydroxyl groups is 3. The summed E-state index contributed by atoms with van der Waals surface area (Å²) in [5.74, 6) is -4.97. The van der Waals surface area contributed by atoms with Gasteiger partial charge in [-0.2, -0.15) is 0 Å². The van der Waals surface area contributed by atoms with Crippen LogP contribution in [0.15, 0.2) is 12.1 Å². The van der Waals surface area contributed by atoms with E-state index in [1.165, 1.54) is 0 Å². The Hall–Kier alpha value is -3.26. The van der Waals surface area contributed by atoms with Crippen LogP contribution >= 0.6 is 0 Å². The van der Waals surface area contributed by atoms with E-state index in [1.54, 1.807) is 20.9 Å². The Morgan fingerprint density at radius 1 is 0.974 bits per heavy atom. The number of benzene rings is 2. The third-order valence-electron chi connectivity index (χ3n) is 8.24. The van der Waals surface area contributed by atoms with Gasteiger partial charge in [-0.1, -0.05) is 6.92 Å². The fourth-order valence-corrected chi connectivity index (χ4v) is 5.96. The first-order valence-corrected chi connectivity index (χ1v) is 12.7. The zero-order valence-corrected chi connectivity index (χ0v) is 21.5. The second kappa shape index (κ2) is 9.44. The Morgan fingerprint density at radius 2 is 1.51 bits per heavy atom. The number of ketones is 2. The standard InChI is InChI=1S/C27H31NO11/c1-4-27(37)8-13(39-14-7-10(28-3)21(31)9(2)38-14)17-20(26(27)36)25(35)19-18(24(17)34)22(32)15-11(29)5-6-12(30)16(15)23(19)33/h5-6,9-10,13-14,21,26,28-31,34-37H,4,7-8H2,1-3H3/t9-,10-,13-,14-,21+,26+,27+/m0/s1. The Bertz CT molecular complexity index is 1370. The lowest BCUT2D eigenvalue weighted by Gasteiger charge is -2.45. The molecule has 12 heteroatoms. The first-order valence-electron chi connectivity index (χ1n) is 12.7. The van der Waals surface area contributed by atoms with Gasteiger partial charge in [-0.05, 0) is 32.5 Å². The van der Waals surface area contributed by atoms with Crippen LogP contribution in [0.4, 0.5) is 0 Å². The van der Waals surface area contributed by atoms with E-state index in [-0.39, 0.29) is 24.8 Å². The molecule has 2 aliphatic carbocycles. The number of phenols is 4. The minimum atomic E-state index is -1.86. The number of hydrogen-bond acceptors (Lipinski definition) is 12. The number of carbonyl (C=O) groups is 2. The number of likely N-dealkylation sites (N-methyl/N-ethyl adjacent to an activating group) is 1. The van der Waals surface area contributed by atoms with Crippen molar-refractivity contribution >= 4 is 11.6 Å². The number of carbonyl (C=O) groups excluding carboxylic acids is 2. The van der Waals surface area contributed by atoms with Crippen LogP contribution in [0.25, 0.3) is 0 Å². The summed E-state index contributed by atoms with van der Waals surface area (Å²) in [4.78, 5) is 26.9. The van der Waals surface area contributed by atoms with Crippen LogP contribution in [0, 0.1) is 0 Å². The molecule has 0 radical (unpaired) electrons. The molecule has 0 unspecified atom stereocenters. The summed E-state index contributed by atoms with van der Waals surface area (Å²) in [6, 6.07) is 1.62. The molecule has 39 heavy (non-hydrogen) atoms. The van der Waals surface area contributed by atoms with Gasteiger partial charge < -0.3 is 50.5 Å². The highest BCUT2D eigenvalue weighted by Crippen LogP contribution is 2.56. The average Bonchev–Trinajstić information content (AvgIpc) is 2.89. The van der Waals surface area contributed by atoms with E-state index < -0.39 is 105 Å². The van der Waals surface area contributed by atoms with E-state index in [9.17, 15) is 45.3 Å². The SMILES string of the molecule is CC[C@@]1(O)C[C@H](O[C@H]2C[C@H](NC)[C@H](O)[C@H](C)O2)c2c(O)c3c(c(O)c2[C@H]1O)C(=O)c1c(O)ccc(O)c1C3=O. The second-order valence-corrected chi connectivity index (χ2v) is 10.4. The lowest BCUT2D eigenvalue weighted by molar-refractivity contribution is -0.254. The van der Waals surface area contributed by atoms with Crippen LogP contribution in [0.2, 0.25) is 0 Å². The molecular weight excluding hydrogens is 514 g/mol. The third kappa shape index (κ3) is 3.90. The summed E-state index contributed by atoms with van der Waals surface area (Å²) in [6.07, 6.45) is -5.53. The van der Waals surface area contributed by atoms with E-state index in [0.29, 0.717) is 0 Å². The highest BCUT2D eigenvalue weighted by atomic mass is 16.7. The van der Waals surface area contributed by atoms with Gasteiger partial charge in [-0.15, -0.1) is 0 Å². The number of ether oxygens (including phenoxy) is 2. The van der Waals surface area contributed by atoms with E-state index in [0.717, 1.165) is 12.1 Å². The van der Waals surface area contributed by atoms with Gasteiger partial charge in [0.1, 0.15) is 29.1 Å². The molecular formula is C27H31NO11. The summed E-state index contributed by atoms with van der Waals surface area (Å²) < 4.78 is 11.9. The molecule has 0 bridgehead atoms. The molecule has 0 aromatic heterocycles. The molecule has 12 nitrogen and oxygen atoms in total. The Balaban J connectivity index is 1.70. The number of rotatable bonds is 4. The van der Waals surface area contributed by atoms with Crippen LogP contribution in [0.3, 0.4) is 0 Å². The predicted molar refractivity (Wildman–Crippen MR) is 133 cm³/mol. The van der Waals surface area contributed by atoms with Gasteiger partial charge in [0, 0.05) is 30.0 Å². The molecule has 0 spiro atoms. The molecule has 2 aromatic carbocycles. The average molecular weight is 546 g/mol. The summed E-state index contributed by atoms with van der Waals surface area (Å²) in [5, 5.41) is 79.2. The molecule has 5 rings (SSSR count). The zero-order chi connectivity index (χ0) is 28.5. The first kappa shape index (κ1) is 27.3. The molecule has 1 heterocycles. The molecule has 210 valence electrons. The predicted octanol–water partition coefficient (Wildman–Crippen LogP) is 1.00. The summed E-state index contributed by atoms with van der Waals surface area (Å²) in [6.45, 7) is 3.24. The molecule has 0 saturated carbocycles. The van der Waals surface area contributed by atoms with Gasteiger partial charge in [-0.25, -0.2) is 0 Å². The van der Waals surface area contributed by atoms with E-state index >= 15 is 0 Å². The van der Waals surface area contributed by atoms with Gasteiger partial charge in [0.05, 0.1) is 46.2 Å². The summed E-state index contributed by atoms with van der Waals surface area (Å²) >= 11 is 0. The topological polar surface area (TPSA) is 206 Å². The maximum absolute atomic E-state index is 13.5. The molecule has 8 N–H and O–H groups in total. The first-order chi connectivity index (χ1) is 18.4. The number of fused-ring (bicyclic) bond motifs is 3. The molecule has 0 amide bonds. The number of nitrogens with one attached hydrogen (secondary N) is 1. The highest BCUT2D eigenvalue weighted by Gasteiger charge is 2.51. The fourth-order valence-electron chi connectivity index (χ4n) is 5.96. The number of phenolic OH excluding ortho intramolecular Hbond substituents is 4. The minimum Gasteiger partial charge on any atom is -0.507 e. The second-order valence-electron chi connectivity index (χ2n) is 10.4. The number of aliphatic hydroxyl groups excluding tert-OH is 2. The maximum atomic E-state index is 13.5. The van der Waals surface area contributed by atoms with Gasteiger partial charge >= 0.3 is 0 Å². The molecule has 1 saturated heterocycles. The Morgan fingerprint density at radius 3 is 2.03 bits per heavy atom. The lowest BCUT2D eigenvalue weighted by atomic mass is 9.70. The molecule has 2 aromatic rings. The van der Waals surface area contributed by atoms with Gasteiger partial charge in [0.25, 0.3) is 0 Å². The summed E-state index contributed by atoms with van der Waals surface area (Å²) in [5.41, 5.74) is -4.89. The van der Waals surface area contributed by atoms with Crippen molar-refractivity contribution in [1.82, 2.24) is 5.32 Å². The van der Waals surface area contributed by atoms with Crippen molar-refractivity contribution in [2.75, 3.05) is 7.05 Å². The number of hydrogen-bond donors (Lipinski definition) is 8. The van der Waals surface area contributed by atoms with E-state index in [2.05, 4.69) is 5.32 Å². The van der Waals surface area contributed by atoms with Crippen LogP contribution in [0.5, 0.6) is 23.0 Å². The molecule has 1 fully saturated rings. The van der Waals surface area contributed by atoms with Crippen molar-refractivity contribution in [2.24, 2.45) is 0 Å². The smallest absolute Gasteiger partial charge is 0.202 e. The van der Waals surface area contributed by atoms with Crippen LogP contribution < -0.4 is 5.32 Å². The van der Waals surface area contributed by atoms with Gasteiger partial charge in [0.2, 0.25) is 11.6 Å². The van der Waals surface area contributed by atoms with Crippen molar-refractivity contribution in [2.45, 2.75) is 75.5 Å². The van der Waals surface area contributed by atoms with Crippen molar-refractivity contribution in [1.29, 1.82) is 0 Å². The van der Waals surface area contributed by atoms with Gasteiger partial charge in [0.15, 0.2) is 6.29 Å². The van der Waals surface area contributed by atoms with Crippen LogP contribution in [0.1, 0.15) is 88.3 Å². The van der Waals surface area contributed by atoms with Crippen molar-refractivity contribution in [3.05, 3.63) is 45.5 Å². The largest absolute Gasteiger partial charge is 0.507 e. The van der Waals surface area contributed by atoms with Crippen molar-refractivity contribution < 1.29 is 54.8 Å². The van der Waals surface area contributed by atoms with E-state index in [1.807, 2.05) is 0 Å². The lowest BCUT2D eigenvalue weighted by Crippen LogP contribution is -2.53. The minimum absolute atomic E-state index is 0.00505. The number of aromatic hydroxyl groups is 4.